The Morgan fingerprint density at radius 1 is 1.22 bits per heavy atom. The molecule has 0 spiro atoms. The van der Waals surface area contributed by atoms with E-state index in [9.17, 15) is 5.11 Å². The lowest BCUT2D eigenvalue weighted by Crippen LogP contribution is -2.33. The molecule has 1 saturated carbocycles. The Morgan fingerprint density at radius 2 is 1.89 bits per heavy atom. The molecule has 0 radical (unpaired) electrons. The van der Waals surface area contributed by atoms with Gasteiger partial charge in [0.2, 0.25) is 0 Å². The summed E-state index contributed by atoms with van der Waals surface area (Å²) in [7, 11) is 0. The van der Waals surface area contributed by atoms with Crippen molar-refractivity contribution in [3.63, 3.8) is 0 Å². The molecule has 0 aliphatic heterocycles. The van der Waals surface area contributed by atoms with Crippen molar-refractivity contribution in [2.75, 3.05) is 13.2 Å². The third-order valence-corrected chi connectivity index (χ3v) is 3.25. The summed E-state index contributed by atoms with van der Waals surface area (Å²) < 4.78 is 5.59. The first kappa shape index (κ1) is 15.9. The number of ether oxygens (including phenoxy) is 1. The van der Waals surface area contributed by atoms with Crippen LogP contribution >= 0.6 is 0 Å². The van der Waals surface area contributed by atoms with Crippen molar-refractivity contribution in [2.24, 2.45) is 5.92 Å². The van der Waals surface area contributed by atoms with Crippen molar-refractivity contribution in [1.29, 1.82) is 0 Å². The highest BCUT2D eigenvalue weighted by atomic mass is 16.7. The largest absolute Gasteiger partial charge is 0.389 e. The van der Waals surface area contributed by atoms with Crippen molar-refractivity contribution >= 4 is 0 Å². The van der Waals surface area contributed by atoms with Crippen molar-refractivity contribution in [3.8, 4) is 0 Å². The van der Waals surface area contributed by atoms with Crippen LogP contribution in [0, 0.1) is 5.92 Å². The van der Waals surface area contributed by atoms with E-state index in [2.05, 4.69) is 26.3 Å². The lowest BCUT2D eigenvalue weighted by Gasteiger charge is -2.19. The van der Waals surface area contributed by atoms with Gasteiger partial charge in [-0.2, -0.15) is 5.48 Å². The van der Waals surface area contributed by atoms with Crippen LogP contribution < -0.4 is 5.48 Å². The molecule has 108 valence electrons. The van der Waals surface area contributed by atoms with Gasteiger partial charge in [0.15, 0.2) is 0 Å². The van der Waals surface area contributed by atoms with E-state index in [4.69, 9.17) is 9.57 Å². The smallest absolute Gasteiger partial charge is 0.0921 e. The van der Waals surface area contributed by atoms with Gasteiger partial charge in [0.1, 0.15) is 0 Å². The molecule has 0 aromatic rings. The van der Waals surface area contributed by atoms with Crippen LogP contribution in [-0.2, 0) is 9.57 Å². The molecule has 0 saturated heterocycles. The van der Waals surface area contributed by atoms with Crippen LogP contribution in [0.3, 0.4) is 0 Å². The predicted octanol–water partition coefficient (Wildman–Crippen LogP) is 2.26. The molecule has 1 fully saturated rings. The second-order valence-corrected chi connectivity index (χ2v) is 5.80. The van der Waals surface area contributed by atoms with Gasteiger partial charge in [-0.3, -0.25) is 4.84 Å². The zero-order valence-electron chi connectivity index (χ0n) is 12.0. The Bertz CT molecular complexity index is 205. The number of rotatable bonds is 9. The van der Waals surface area contributed by atoms with Gasteiger partial charge in [-0.15, -0.1) is 0 Å². The number of aliphatic hydroxyl groups excluding tert-OH is 1. The zero-order valence-corrected chi connectivity index (χ0v) is 12.0. The summed E-state index contributed by atoms with van der Waals surface area (Å²) >= 11 is 0. The fourth-order valence-electron chi connectivity index (χ4n) is 2.33. The van der Waals surface area contributed by atoms with E-state index in [1.54, 1.807) is 0 Å². The van der Waals surface area contributed by atoms with Crippen LogP contribution in [-0.4, -0.2) is 36.6 Å². The Morgan fingerprint density at radius 3 is 2.50 bits per heavy atom. The number of hydrogen-bond acceptors (Lipinski definition) is 4. The number of hydroxylamine groups is 1. The minimum Gasteiger partial charge on any atom is -0.389 e. The average Bonchev–Trinajstić information content (AvgIpc) is 2.78. The molecule has 0 aromatic carbocycles. The molecular weight excluding hydrogens is 230 g/mol. The molecule has 0 amide bonds. The lowest BCUT2D eigenvalue weighted by molar-refractivity contribution is -0.0591. The molecule has 18 heavy (non-hydrogen) atoms. The number of aliphatic hydroxyl groups is 1. The van der Waals surface area contributed by atoms with Gasteiger partial charge in [0.05, 0.1) is 24.9 Å². The van der Waals surface area contributed by atoms with E-state index < -0.39 is 6.10 Å². The molecule has 4 nitrogen and oxygen atoms in total. The van der Waals surface area contributed by atoms with E-state index in [-0.39, 0.29) is 6.10 Å². The summed E-state index contributed by atoms with van der Waals surface area (Å²) in [6, 6.07) is 0. The Labute approximate surface area is 111 Å². The van der Waals surface area contributed by atoms with E-state index in [0.29, 0.717) is 25.2 Å². The predicted molar refractivity (Wildman–Crippen MR) is 72.2 cm³/mol. The van der Waals surface area contributed by atoms with Gasteiger partial charge in [-0.25, -0.2) is 0 Å². The maximum absolute atomic E-state index is 9.74. The maximum Gasteiger partial charge on any atom is 0.0921 e. The summed E-state index contributed by atoms with van der Waals surface area (Å²) in [4.78, 5) is 5.48. The number of nitrogens with one attached hydrogen (secondary N) is 1. The second-order valence-electron chi connectivity index (χ2n) is 5.80. The molecule has 2 unspecified atom stereocenters. The van der Waals surface area contributed by atoms with Gasteiger partial charge >= 0.3 is 0 Å². The first-order chi connectivity index (χ1) is 8.58. The molecule has 2 N–H and O–H groups in total. The third-order valence-electron chi connectivity index (χ3n) is 3.25. The minimum absolute atomic E-state index is 0.204. The highest BCUT2D eigenvalue weighted by Crippen LogP contribution is 2.19. The van der Waals surface area contributed by atoms with Gasteiger partial charge in [-0.1, -0.05) is 26.7 Å². The van der Waals surface area contributed by atoms with Gasteiger partial charge < -0.3 is 9.84 Å². The van der Waals surface area contributed by atoms with Crippen molar-refractivity contribution in [3.05, 3.63) is 0 Å². The van der Waals surface area contributed by atoms with E-state index in [1.165, 1.54) is 12.8 Å². The first-order valence-electron chi connectivity index (χ1n) is 7.26. The Kier molecular flexibility index (Phi) is 7.82. The summed E-state index contributed by atoms with van der Waals surface area (Å²) in [6.45, 7) is 7.20. The van der Waals surface area contributed by atoms with Crippen molar-refractivity contribution in [2.45, 2.75) is 71.2 Å². The topological polar surface area (TPSA) is 50.7 Å². The fourth-order valence-corrected chi connectivity index (χ4v) is 2.33. The standard InChI is InChI=1S/C14H29NO3/c1-11(2)8-12(3)17-10-13(16)9-15-18-14-6-4-5-7-14/h11-16H,4-10H2,1-3H3. The minimum atomic E-state index is -0.499. The highest BCUT2D eigenvalue weighted by molar-refractivity contribution is 4.66. The van der Waals surface area contributed by atoms with E-state index in [1.807, 2.05) is 0 Å². The van der Waals surface area contributed by atoms with E-state index >= 15 is 0 Å². The third kappa shape index (κ3) is 7.31. The summed E-state index contributed by atoms with van der Waals surface area (Å²) in [5, 5.41) is 9.74. The molecule has 2 atom stereocenters. The van der Waals surface area contributed by atoms with Crippen LogP contribution in [0.25, 0.3) is 0 Å². The van der Waals surface area contributed by atoms with E-state index in [0.717, 1.165) is 19.3 Å². The van der Waals surface area contributed by atoms with Crippen LogP contribution in [0.15, 0.2) is 0 Å². The molecule has 0 bridgehead atoms. The maximum atomic E-state index is 9.74. The molecule has 1 aliphatic carbocycles. The van der Waals surface area contributed by atoms with Crippen molar-refractivity contribution < 1.29 is 14.7 Å². The SMILES string of the molecule is CC(C)CC(C)OCC(O)CNOC1CCCC1. The van der Waals surface area contributed by atoms with Crippen LogP contribution in [0.1, 0.15) is 52.9 Å². The molecular formula is C14H29NO3. The van der Waals surface area contributed by atoms with Crippen LogP contribution in [0.5, 0.6) is 0 Å². The van der Waals surface area contributed by atoms with Crippen LogP contribution in [0.2, 0.25) is 0 Å². The van der Waals surface area contributed by atoms with Gasteiger partial charge in [0.25, 0.3) is 0 Å². The molecule has 1 aliphatic rings. The summed E-state index contributed by atoms with van der Waals surface area (Å²) in [6.07, 6.45) is 5.83. The second kappa shape index (κ2) is 8.86. The molecule has 1 rings (SSSR count). The molecule has 0 heterocycles. The normalized spacial score (nSPS) is 20.5. The monoisotopic (exact) mass is 259 g/mol. The van der Waals surface area contributed by atoms with Gasteiger partial charge in [0, 0.05) is 6.54 Å². The summed E-state index contributed by atoms with van der Waals surface area (Å²) in [5.41, 5.74) is 2.86. The van der Waals surface area contributed by atoms with Crippen molar-refractivity contribution in [1.82, 2.24) is 5.48 Å². The average molecular weight is 259 g/mol. The first-order valence-corrected chi connectivity index (χ1v) is 7.26. The Balaban J connectivity index is 1.97. The highest BCUT2D eigenvalue weighted by Gasteiger charge is 2.16. The fraction of sp³-hybridized carbons (Fsp3) is 1.00. The zero-order chi connectivity index (χ0) is 13.4. The van der Waals surface area contributed by atoms with Crippen LogP contribution in [0.4, 0.5) is 0 Å². The molecule has 4 heteroatoms. The lowest BCUT2D eigenvalue weighted by atomic mass is 10.1. The Hall–Kier alpha value is -0.160. The molecule has 0 aromatic heterocycles. The number of hydrogen-bond donors (Lipinski definition) is 2. The van der Waals surface area contributed by atoms with Gasteiger partial charge in [-0.05, 0) is 32.1 Å². The quantitative estimate of drug-likeness (QED) is 0.624. The summed E-state index contributed by atoms with van der Waals surface area (Å²) in [5.74, 6) is 0.626.